The lowest BCUT2D eigenvalue weighted by Crippen LogP contribution is -2.49. The zero-order valence-electron chi connectivity index (χ0n) is 15.5. The Morgan fingerprint density at radius 1 is 1.33 bits per heavy atom. The SMILES string of the molecule is COCc1cccc(C(=O)NCC(C(C)C)N2CCC(C)CC2)c1. The van der Waals surface area contributed by atoms with Crippen LogP contribution in [-0.2, 0) is 11.3 Å². The van der Waals surface area contributed by atoms with Crippen LogP contribution in [0.3, 0.4) is 0 Å². The molecule has 1 saturated heterocycles. The minimum Gasteiger partial charge on any atom is -0.380 e. The molecule has 1 amide bonds. The number of carbonyl (C=O) groups is 1. The summed E-state index contributed by atoms with van der Waals surface area (Å²) in [5.41, 5.74) is 1.73. The molecule has 1 N–H and O–H groups in total. The molecule has 0 radical (unpaired) electrons. The smallest absolute Gasteiger partial charge is 0.251 e. The van der Waals surface area contributed by atoms with Crippen molar-refractivity contribution < 1.29 is 9.53 Å². The summed E-state index contributed by atoms with van der Waals surface area (Å²) in [7, 11) is 1.67. The van der Waals surface area contributed by atoms with E-state index in [4.69, 9.17) is 4.74 Å². The molecule has 2 rings (SSSR count). The van der Waals surface area contributed by atoms with Crippen molar-refractivity contribution in [3.05, 3.63) is 35.4 Å². The van der Waals surface area contributed by atoms with E-state index in [0.717, 1.165) is 24.6 Å². The van der Waals surface area contributed by atoms with Gasteiger partial charge in [0.15, 0.2) is 0 Å². The van der Waals surface area contributed by atoms with Crippen LogP contribution < -0.4 is 5.32 Å². The van der Waals surface area contributed by atoms with Crippen molar-refractivity contribution in [3.8, 4) is 0 Å². The molecule has 4 nitrogen and oxygen atoms in total. The number of likely N-dealkylation sites (tertiary alicyclic amines) is 1. The molecule has 0 aliphatic carbocycles. The van der Waals surface area contributed by atoms with Crippen molar-refractivity contribution in [2.75, 3.05) is 26.7 Å². The number of rotatable bonds is 7. The van der Waals surface area contributed by atoms with Crippen LogP contribution >= 0.6 is 0 Å². The van der Waals surface area contributed by atoms with Crippen LogP contribution in [0.25, 0.3) is 0 Å². The predicted octanol–water partition coefficient (Wildman–Crippen LogP) is 3.32. The van der Waals surface area contributed by atoms with Gasteiger partial charge in [0.1, 0.15) is 0 Å². The summed E-state index contributed by atoms with van der Waals surface area (Å²) >= 11 is 0. The second-order valence-corrected chi connectivity index (χ2v) is 7.37. The van der Waals surface area contributed by atoms with E-state index in [-0.39, 0.29) is 5.91 Å². The van der Waals surface area contributed by atoms with Gasteiger partial charge >= 0.3 is 0 Å². The first-order valence-electron chi connectivity index (χ1n) is 9.11. The number of methoxy groups -OCH3 is 1. The van der Waals surface area contributed by atoms with Crippen LogP contribution in [0.4, 0.5) is 0 Å². The van der Waals surface area contributed by atoms with Gasteiger partial charge in [-0.3, -0.25) is 9.69 Å². The van der Waals surface area contributed by atoms with Gasteiger partial charge in [-0.1, -0.05) is 32.9 Å². The number of benzene rings is 1. The Hall–Kier alpha value is -1.39. The summed E-state index contributed by atoms with van der Waals surface area (Å²) in [5, 5.41) is 3.14. The average Bonchev–Trinajstić information content (AvgIpc) is 2.57. The molecule has 1 fully saturated rings. The number of carbonyl (C=O) groups excluding carboxylic acids is 1. The van der Waals surface area contributed by atoms with Crippen molar-refractivity contribution in [1.29, 1.82) is 0 Å². The lowest BCUT2D eigenvalue weighted by atomic mass is 9.94. The molecule has 1 aliphatic heterocycles. The molecule has 1 aliphatic rings. The molecule has 4 heteroatoms. The highest BCUT2D eigenvalue weighted by atomic mass is 16.5. The molecule has 0 aromatic heterocycles. The standard InChI is InChI=1S/C20H32N2O2/c1-15(2)19(22-10-8-16(3)9-11-22)13-21-20(23)18-7-5-6-17(12-18)14-24-4/h5-7,12,15-16,19H,8-11,13-14H2,1-4H3,(H,21,23). The van der Waals surface area contributed by atoms with Crippen LogP contribution in [0, 0.1) is 11.8 Å². The van der Waals surface area contributed by atoms with Crippen LogP contribution in [0.15, 0.2) is 24.3 Å². The maximum atomic E-state index is 12.5. The molecule has 134 valence electrons. The number of hydrogen-bond acceptors (Lipinski definition) is 3. The minimum absolute atomic E-state index is 0.00369. The van der Waals surface area contributed by atoms with E-state index in [1.165, 1.54) is 12.8 Å². The Labute approximate surface area is 146 Å². The van der Waals surface area contributed by atoms with Gasteiger partial charge in [-0.25, -0.2) is 0 Å². The third-order valence-electron chi connectivity index (χ3n) is 5.03. The fraction of sp³-hybridized carbons (Fsp3) is 0.650. The molecule has 0 saturated carbocycles. The van der Waals surface area contributed by atoms with E-state index < -0.39 is 0 Å². The Morgan fingerprint density at radius 2 is 2.04 bits per heavy atom. The van der Waals surface area contributed by atoms with E-state index in [1.54, 1.807) is 7.11 Å². The van der Waals surface area contributed by atoms with E-state index in [0.29, 0.717) is 30.7 Å². The monoisotopic (exact) mass is 332 g/mol. The first-order valence-corrected chi connectivity index (χ1v) is 9.11. The molecule has 24 heavy (non-hydrogen) atoms. The Kier molecular flexibility index (Phi) is 7.25. The number of hydrogen-bond donors (Lipinski definition) is 1. The highest BCUT2D eigenvalue weighted by molar-refractivity contribution is 5.94. The Morgan fingerprint density at radius 3 is 2.67 bits per heavy atom. The highest BCUT2D eigenvalue weighted by Crippen LogP contribution is 2.21. The summed E-state index contributed by atoms with van der Waals surface area (Å²) in [6.45, 7) is 10.3. The summed E-state index contributed by atoms with van der Waals surface area (Å²) in [6.07, 6.45) is 2.52. The van der Waals surface area contributed by atoms with Crippen molar-refractivity contribution in [2.24, 2.45) is 11.8 Å². The zero-order chi connectivity index (χ0) is 17.5. The molecular weight excluding hydrogens is 300 g/mol. The third kappa shape index (κ3) is 5.32. The van der Waals surface area contributed by atoms with Gasteiger partial charge in [0.25, 0.3) is 5.91 Å². The van der Waals surface area contributed by atoms with Gasteiger partial charge in [-0.2, -0.15) is 0 Å². The first kappa shape index (κ1) is 18.9. The summed E-state index contributed by atoms with van der Waals surface area (Å²) in [4.78, 5) is 15.0. The number of ether oxygens (including phenoxy) is 1. The third-order valence-corrected chi connectivity index (χ3v) is 5.03. The molecule has 1 unspecified atom stereocenters. The van der Waals surface area contributed by atoms with Crippen LogP contribution in [0.1, 0.15) is 49.5 Å². The van der Waals surface area contributed by atoms with Crippen molar-refractivity contribution in [2.45, 2.75) is 46.3 Å². The van der Waals surface area contributed by atoms with Crippen LogP contribution in [-0.4, -0.2) is 43.6 Å². The molecular formula is C20H32N2O2. The largest absolute Gasteiger partial charge is 0.380 e. The quantitative estimate of drug-likeness (QED) is 0.833. The van der Waals surface area contributed by atoms with Gasteiger partial charge in [0, 0.05) is 25.3 Å². The lowest BCUT2D eigenvalue weighted by Gasteiger charge is -2.38. The zero-order valence-corrected chi connectivity index (χ0v) is 15.5. The molecule has 0 bridgehead atoms. The van der Waals surface area contributed by atoms with Gasteiger partial charge in [-0.15, -0.1) is 0 Å². The second kappa shape index (κ2) is 9.19. The molecule has 1 heterocycles. The van der Waals surface area contributed by atoms with Crippen molar-refractivity contribution in [3.63, 3.8) is 0 Å². The number of piperidine rings is 1. The highest BCUT2D eigenvalue weighted by Gasteiger charge is 2.26. The van der Waals surface area contributed by atoms with Crippen molar-refractivity contribution >= 4 is 5.91 Å². The molecule has 0 spiro atoms. The maximum absolute atomic E-state index is 12.5. The minimum atomic E-state index is 0.00369. The van der Waals surface area contributed by atoms with Gasteiger partial charge in [-0.05, 0) is 55.5 Å². The van der Waals surface area contributed by atoms with E-state index >= 15 is 0 Å². The molecule has 1 aromatic carbocycles. The van der Waals surface area contributed by atoms with E-state index in [2.05, 4.69) is 31.0 Å². The lowest BCUT2D eigenvalue weighted by molar-refractivity contribution is 0.0862. The Balaban J connectivity index is 1.93. The first-order chi connectivity index (χ1) is 11.5. The topological polar surface area (TPSA) is 41.6 Å². The van der Waals surface area contributed by atoms with Gasteiger partial charge in [0.2, 0.25) is 0 Å². The average molecular weight is 332 g/mol. The normalized spacial score (nSPS) is 17.9. The summed E-state index contributed by atoms with van der Waals surface area (Å²) in [5.74, 6) is 1.36. The van der Waals surface area contributed by atoms with Crippen LogP contribution in [0.5, 0.6) is 0 Å². The molecule has 1 atom stereocenters. The van der Waals surface area contributed by atoms with Crippen LogP contribution in [0.2, 0.25) is 0 Å². The molecule has 1 aromatic rings. The number of nitrogens with one attached hydrogen (secondary N) is 1. The predicted molar refractivity (Wildman–Crippen MR) is 98.1 cm³/mol. The fourth-order valence-electron chi connectivity index (χ4n) is 3.41. The summed E-state index contributed by atoms with van der Waals surface area (Å²) in [6, 6.07) is 8.07. The fourth-order valence-corrected chi connectivity index (χ4v) is 3.41. The van der Waals surface area contributed by atoms with Gasteiger partial charge < -0.3 is 10.1 Å². The van der Waals surface area contributed by atoms with Crippen molar-refractivity contribution in [1.82, 2.24) is 10.2 Å². The van der Waals surface area contributed by atoms with E-state index in [9.17, 15) is 4.79 Å². The Bertz CT molecular complexity index is 522. The maximum Gasteiger partial charge on any atom is 0.251 e. The second-order valence-electron chi connectivity index (χ2n) is 7.37. The number of amides is 1. The summed E-state index contributed by atoms with van der Waals surface area (Å²) < 4.78 is 5.14. The van der Waals surface area contributed by atoms with E-state index in [1.807, 2.05) is 24.3 Å². The van der Waals surface area contributed by atoms with Gasteiger partial charge in [0.05, 0.1) is 6.61 Å². The number of nitrogens with zero attached hydrogens (tertiary/aromatic N) is 1.